The molecule has 3 rings (SSSR count). The summed E-state index contributed by atoms with van der Waals surface area (Å²) in [4.78, 5) is 18.8. The van der Waals surface area contributed by atoms with Crippen LogP contribution >= 0.6 is 0 Å². The molecule has 1 N–H and O–H groups in total. The van der Waals surface area contributed by atoms with Gasteiger partial charge in [0, 0.05) is 23.2 Å². The predicted octanol–water partition coefficient (Wildman–Crippen LogP) is 3.63. The lowest BCUT2D eigenvalue weighted by atomic mass is 9.98. The minimum atomic E-state index is 0.208. The van der Waals surface area contributed by atoms with E-state index >= 15 is 0 Å². The summed E-state index contributed by atoms with van der Waals surface area (Å²) < 4.78 is 0. The van der Waals surface area contributed by atoms with Crippen molar-refractivity contribution in [2.75, 3.05) is 13.1 Å². The van der Waals surface area contributed by atoms with Crippen LogP contribution in [0.4, 0.5) is 0 Å². The van der Waals surface area contributed by atoms with E-state index in [1.165, 1.54) is 18.4 Å². The van der Waals surface area contributed by atoms with Crippen molar-refractivity contribution in [2.45, 2.75) is 46.6 Å². The Hall–Kier alpha value is -1.61. The van der Waals surface area contributed by atoms with Crippen LogP contribution < -0.4 is 5.43 Å². The molecule has 0 aliphatic carbocycles. The standard InChI is InChI=1S/C19H26N2O/c1-4-15-6-5-7-16-18(15)20-14(3)17(19(16)22)12-21-10-8-13(2)9-11-21/h5-7,13H,4,8-12H2,1-3H3,(H,20,22). The zero-order valence-corrected chi connectivity index (χ0v) is 13.9. The lowest BCUT2D eigenvalue weighted by molar-refractivity contribution is 0.184. The van der Waals surface area contributed by atoms with E-state index in [2.05, 4.69) is 29.8 Å². The lowest BCUT2D eigenvalue weighted by Gasteiger charge is -2.30. The number of pyridine rings is 1. The highest BCUT2D eigenvalue weighted by Gasteiger charge is 2.19. The molecular weight excluding hydrogens is 272 g/mol. The van der Waals surface area contributed by atoms with Crippen molar-refractivity contribution in [3.05, 3.63) is 45.2 Å². The zero-order chi connectivity index (χ0) is 15.7. The van der Waals surface area contributed by atoms with E-state index in [9.17, 15) is 4.79 Å². The minimum absolute atomic E-state index is 0.208. The Labute approximate surface area is 132 Å². The highest BCUT2D eigenvalue weighted by Crippen LogP contribution is 2.20. The van der Waals surface area contributed by atoms with Crippen molar-refractivity contribution in [3.63, 3.8) is 0 Å². The Bertz CT molecular complexity index is 724. The number of benzene rings is 1. The number of aryl methyl sites for hydroxylation is 2. The molecule has 0 saturated carbocycles. The van der Waals surface area contributed by atoms with Crippen molar-refractivity contribution < 1.29 is 0 Å². The van der Waals surface area contributed by atoms with Crippen LogP contribution in [-0.4, -0.2) is 23.0 Å². The Morgan fingerprint density at radius 2 is 2.00 bits per heavy atom. The maximum absolute atomic E-state index is 12.9. The van der Waals surface area contributed by atoms with Gasteiger partial charge >= 0.3 is 0 Å². The van der Waals surface area contributed by atoms with Crippen molar-refractivity contribution in [3.8, 4) is 0 Å². The molecule has 0 bridgehead atoms. The third kappa shape index (κ3) is 2.82. The normalized spacial score (nSPS) is 17.2. The third-order valence-corrected chi connectivity index (χ3v) is 5.07. The molecule has 3 nitrogen and oxygen atoms in total. The first-order valence-electron chi connectivity index (χ1n) is 8.45. The van der Waals surface area contributed by atoms with Gasteiger partial charge < -0.3 is 4.98 Å². The van der Waals surface area contributed by atoms with Gasteiger partial charge in [0.2, 0.25) is 0 Å². The van der Waals surface area contributed by atoms with Crippen LogP contribution in [0, 0.1) is 12.8 Å². The number of aromatic amines is 1. The summed E-state index contributed by atoms with van der Waals surface area (Å²) in [5, 5.41) is 0.838. The maximum Gasteiger partial charge on any atom is 0.194 e. The number of fused-ring (bicyclic) bond motifs is 1. The second kappa shape index (κ2) is 6.25. The molecule has 22 heavy (non-hydrogen) atoms. The van der Waals surface area contributed by atoms with Gasteiger partial charge in [-0.2, -0.15) is 0 Å². The monoisotopic (exact) mass is 298 g/mol. The first-order chi connectivity index (χ1) is 10.6. The summed E-state index contributed by atoms with van der Waals surface area (Å²) in [6.07, 6.45) is 3.42. The van der Waals surface area contributed by atoms with Gasteiger partial charge in [-0.05, 0) is 56.8 Å². The van der Waals surface area contributed by atoms with E-state index in [0.29, 0.717) is 0 Å². The fourth-order valence-corrected chi connectivity index (χ4v) is 3.46. The van der Waals surface area contributed by atoms with E-state index in [1.54, 1.807) is 0 Å². The molecule has 1 aliphatic heterocycles. The smallest absolute Gasteiger partial charge is 0.194 e. The molecule has 0 amide bonds. The topological polar surface area (TPSA) is 36.1 Å². The summed E-state index contributed by atoms with van der Waals surface area (Å²) >= 11 is 0. The first kappa shape index (κ1) is 15.3. The maximum atomic E-state index is 12.9. The number of nitrogens with one attached hydrogen (secondary N) is 1. The number of hydrogen-bond donors (Lipinski definition) is 1. The van der Waals surface area contributed by atoms with Gasteiger partial charge in [-0.25, -0.2) is 0 Å². The van der Waals surface area contributed by atoms with Gasteiger partial charge in [-0.1, -0.05) is 26.0 Å². The molecule has 0 radical (unpaired) electrons. The Morgan fingerprint density at radius 1 is 1.27 bits per heavy atom. The van der Waals surface area contributed by atoms with Gasteiger partial charge in [0.05, 0.1) is 5.52 Å². The summed E-state index contributed by atoms with van der Waals surface area (Å²) in [6.45, 7) is 9.47. The van der Waals surface area contributed by atoms with E-state index in [0.717, 1.165) is 54.1 Å². The average Bonchev–Trinajstić information content (AvgIpc) is 2.53. The summed E-state index contributed by atoms with van der Waals surface area (Å²) in [6, 6.07) is 6.05. The molecule has 0 atom stereocenters. The first-order valence-corrected chi connectivity index (χ1v) is 8.45. The molecule has 1 fully saturated rings. The highest BCUT2D eigenvalue weighted by atomic mass is 16.1. The lowest BCUT2D eigenvalue weighted by Crippen LogP contribution is -2.34. The van der Waals surface area contributed by atoms with Crippen LogP contribution in [0.15, 0.2) is 23.0 Å². The SMILES string of the molecule is CCc1cccc2c(=O)c(CN3CCC(C)CC3)c(C)[nH]c12. The number of hydrogen-bond acceptors (Lipinski definition) is 2. The van der Waals surface area contributed by atoms with Crippen LogP contribution in [0.5, 0.6) is 0 Å². The molecule has 2 heterocycles. The van der Waals surface area contributed by atoms with Crippen molar-refractivity contribution in [2.24, 2.45) is 5.92 Å². The summed E-state index contributed by atoms with van der Waals surface area (Å²) in [7, 11) is 0. The molecule has 1 aromatic carbocycles. The number of aromatic nitrogens is 1. The van der Waals surface area contributed by atoms with Gasteiger partial charge in [-0.3, -0.25) is 9.69 Å². The van der Waals surface area contributed by atoms with E-state index in [1.807, 2.05) is 19.1 Å². The molecule has 2 aromatic rings. The molecule has 3 heteroatoms. The van der Waals surface area contributed by atoms with Gasteiger partial charge in [-0.15, -0.1) is 0 Å². The Morgan fingerprint density at radius 3 is 2.68 bits per heavy atom. The number of rotatable bonds is 3. The van der Waals surface area contributed by atoms with Crippen LogP contribution in [0.25, 0.3) is 10.9 Å². The second-order valence-corrected chi connectivity index (χ2v) is 6.71. The van der Waals surface area contributed by atoms with E-state index in [4.69, 9.17) is 0 Å². The fourth-order valence-electron chi connectivity index (χ4n) is 3.46. The minimum Gasteiger partial charge on any atom is -0.358 e. The van der Waals surface area contributed by atoms with Gasteiger partial charge in [0.25, 0.3) is 0 Å². The van der Waals surface area contributed by atoms with Crippen molar-refractivity contribution >= 4 is 10.9 Å². The number of H-pyrrole nitrogens is 1. The average molecular weight is 298 g/mol. The van der Waals surface area contributed by atoms with Crippen LogP contribution in [-0.2, 0) is 13.0 Å². The Kier molecular flexibility index (Phi) is 4.34. The quantitative estimate of drug-likeness (QED) is 0.939. The molecule has 1 aromatic heterocycles. The number of piperidine rings is 1. The van der Waals surface area contributed by atoms with Gasteiger partial charge in [0.1, 0.15) is 0 Å². The van der Waals surface area contributed by atoms with Crippen LogP contribution in [0.2, 0.25) is 0 Å². The second-order valence-electron chi connectivity index (χ2n) is 6.71. The molecule has 118 valence electrons. The summed E-state index contributed by atoms with van der Waals surface area (Å²) in [5.74, 6) is 0.819. The molecular formula is C19H26N2O. The molecule has 1 aliphatic rings. The zero-order valence-electron chi connectivity index (χ0n) is 13.9. The van der Waals surface area contributed by atoms with Crippen molar-refractivity contribution in [1.29, 1.82) is 0 Å². The number of nitrogens with zero attached hydrogens (tertiary/aromatic N) is 1. The summed E-state index contributed by atoms with van der Waals surface area (Å²) in [5.41, 5.74) is 4.41. The van der Waals surface area contributed by atoms with Crippen molar-refractivity contribution in [1.82, 2.24) is 9.88 Å². The number of para-hydroxylation sites is 1. The molecule has 0 spiro atoms. The predicted molar refractivity (Wildman–Crippen MR) is 92.4 cm³/mol. The largest absolute Gasteiger partial charge is 0.358 e. The molecule has 0 unspecified atom stereocenters. The van der Waals surface area contributed by atoms with E-state index < -0.39 is 0 Å². The molecule has 1 saturated heterocycles. The third-order valence-electron chi connectivity index (χ3n) is 5.07. The van der Waals surface area contributed by atoms with Crippen LogP contribution in [0.3, 0.4) is 0 Å². The van der Waals surface area contributed by atoms with E-state index in [-0.39, 0.29) is 5.43 Å². The highest BCUT2D eigenvalue weighted by molar-refractivity contribution is 5.82. The Balaban J connectivity index is 1.98. The number of likely N-dealkylation sites (tertiary alicyclic amines) is 1. The fraction of sp³-hybridized carbons (Fsp3) is 0.526. The van der Waals surface area contributed by atoms with Gasteiger partial charge in [0.15, 0.2) is 5.43 Å². The van der Waals surface area contributed by atoms with Crippen LogP contribution in [0.1, 0.15) is 43.5 Å².